The molecule has 1 fully saturated rings. The first-order valence-electron chi connectivity index (χ1n) is 11.2. The number of carbonyl (C=O) groups excluding carboxylic acids is 1. The molecule has 3 aromatic rings. The number of nitrogens with one attached hydrogen (secondary N) is 2. The first-order chi connectivity index (χ1) is 16.5. The van der Waals surface area contributed by atoms with E-state index in [0.29, 0.717) is 29.6 Å². The first kappa shape index (κ1) is 23.7. The van der Waals surface area contributed by atoms with E-state index in [1.165, 1.54) is 29.5 Å². The lowest BCUT2D eigenvalue weighted by Crippen LogP contribution is -2.30. The van der Waals surface area contributed by atoms with Gasteiger partial charge in [-0.25, -0.2) is 4.39 Å². The monoisotopic (exact) mass is 478 g/mol. The van der Waals surface area contributed by atoms with Gasteiger partial charge in [0.25, 0.3) is 5.91 Å². The van der Waals surface area contributed by atoms with Crippen molar-refractivity contribution in [1.29, 1.82) is 0 Å². The van der Waals surface area contributed by atoms with Crippen molar-refractivity contribution < 1.29 is 18.7 Å². The molecule has 4 rings (SSSR count). The molecule has 5 nitrogen and oxygen atoms in total. The van der Waals surface area contributed by atoms with Gasteiger partial charge in [0.05, 0.1) is 11.5 Å². The van der Waals surface area contributed by atoms with E-state index in [1.807, 2.05) is 43.3 Å². The number of aryl methyl sites for hydroxylation is 1. The van der Waals surface area contributed by atoms with E-state index >= 15 is 0 Å². The van der Waals surface area contributed by atoms with Crippen molar-refractivity contribution in [3.63, 3.8) is 0 Å². The molecule has 1 aliphatic rings. The van der Waals surface area contributed by atoms with Crippen LogP contribution in [-0.2, 0) is 17.8 Å². The van der Waals surface area contributed by atoms with Crippen LogP contribution < -0.4 is 20.1 Å². The van der Waals surface area contributed by atoms with Gasteiger partial charge in [-0.1, -0.05) is 49.0 Å². The van der Waals surface area contributed by atoms with Crippen LogP contribution in [0.4, 0.5) is 10.1 Å². The van der Waals surface area contributed by atoms with Crippen LogP contribution in [0.3, 0.4) is 0 Å². The molecule has 1 aliphatic heterocycles. The largest absolute Gasteiger partial charge is 0.490 e. The second-order valence-corrected chi connectivity index (χ2v) is 8.88. The summed E-state index contributed by atoms with van der Waals surface area (Å²) in [5.74, 6) is 0.777. The summed E-state index contributed by atoms with van der Waals surface area (Å²) in [6, 6.07) is 19.9. The molecular formula is C27H27FN2O3S. The standard InChI is InChI=1S/C27H27FN2O3S/c1-3-18-7-12-22(13-8-18)29-27-30-26(31)25(34-27)16-20-9-14-23(24(15-20)32-4-2)33-17-19-5-10-21(28)11-6-19/h5-16,27,29H,3-4,17H2,1-2H3,(H,30,31)/b25-16-/t27-/m1/s1. The van der Waals surface area contributed by atoms with Gasteiger partial charge >= 0.3 is 0 Å². The molecule has 1 heterocycles. The normalized spacial score (nSPS) is 16.4. The Morgan fingerprint density at radius 3 is 2.41 bits per heavy atom. The predicted octanol–water partition coefficient (Wildman–Crippen LogP) is 5.97. The Morgan fingerprint density at radius 2 is 1.71 bits per heavy atom. The number of benzene rings is 3. The van der Waals surface area contributed by atoms with Crippen molar-refractivity contribution in [2.45, 2.75) is 32.4 Å². The molecule has 2 N–H and O–H groups in total. The summed E-state index contributed by atoms with van der Waals surface area (Å²) in [5.41, 5.74) is 3.68. The number of thioether (sulfide) groups is 1. The van der Waals surface area contributed by atoms with Gasteiger partial charge in [-0.05, 0) is 72.5 Å². The second-order valence-electron chi connectivity index (χ2n) is 7.73. The Morgan fingerprint density at radius 1 is 0.971 bits per heavy atom. The smallest absolute Gasteiger partial charge is 0.260 e. The average Bonchev–Trinajstić information content (AvgIpc) is 3.18. The highest BCUT2D eigenvalue weighted by Crippen LogP contribution is 2.34. The molecule has 0 bridgehead atoms. The van der Waals surface area contributed by atoms with Crippen LogP contribution >= 0.6 is 11.8 Å². The van der Waals surface area contributed by atoms with Crippen molar-refractivity contribution in [1.82, 2.24) is 5.32 Å². The fourth-order valence-electron chi connectivity index (χ4n) is 3.45. The summed E-state index contributed by atoms with van der Waals surface area (Å²) in [7, 11) is 0. The average molecular weight is 479 g/mol. The van der Waals surface area contributed by atoms with Crippen LogP contribution in [0, 0.1) is 5.82 Å². The van der Waals surface area contributed by atoms with Gasteiger partial charge in [0.2, 0.25) is 0 Å². The minimum atomic E-state index is -0.281. The van der Waals surface area contributed by atoms with E-state index in [1.54, 1.807) is 12.1 Å². The zero-order valence-electron chi connectivity index (χ0n) is 19.1. The molecule has 0 saturated carbocycles. The maximum absolute atomic E-state index is 13.1. The van der Waals surface area contributed by atoms with Crippen molar-refractivity contribution >= 4 is 29.4 Å². The molecular weight excluding hydrogens is 451 g/mol. The minimum Gasteiger partial charge on any atom is -0.490 e. The molecule has 0 spiro atoms. The third-order valence-electron chi connectivity index (χ3n) is 5.26. The molecule has 1 atom stereocenters. The topological polar surface area (TPSA) is 59.6 Å². The van der Waals surface area contributed by atoms with Crippen molar-refractivity contribution in [2.75, 3.05) is 11.9 Å². The van der Waals surface area contributed by atoms with E-state index in [9.17, 15) is 9.18 Å². The molecule has 0 aliphatic carbocycles. The number of halogens is 1. The van der Waals surface area contributed by atoms with E-state index in [-0.39, 0.29) is 17.2 Å². The highest BCUT2D eigenvalue weighted by atomic mass is 32.2. The van der Waals surface area contributed by atoms with Crippen molar-refractivity contribution in [2.24, 2.45) is 0 Å². The molecule has 0 unspecified atom stereocenters. The van der Waals surface area contributed by atoms with Crippen LogP contribution in [0.1, 0.15) is 30.5 Å². The van der Waals surface area contributed by atoms with Gasteiger partial charge in [-0.15, -0.1) is 0 Å². The zero-order valence-corrected chi connectivity index (χ0v) is 20.0. The molecule has 3 aromatic carbocycles. The molecule has 1 amide bonds. The fourth-order valence-corrected chi connectivity index (χ4v) is 4.43. The Hall–Kier alpha value is -3.45. The minimum absolute atomic E-state index is 0.123. The highest BCUT2D eigenvalue weighted by Gasteiger charge is 2.27. The third-order valence-corrected chi connectivity index (χ3v) is 6.29. The number of amides is 1. The fraction of sp³-hybridized carbons (Fsp3) is 0.222. The summed E-state index contributed by atoms with van der Waals surface area (Å²) in [6.07, 6.45) is 2.83. The van der Waals surface area contributed by atoms with E-state index in [2.05, 4.69) is 29.7 Å². The third kappa shape index (κ3) is 6.11. The lowest BCUT2D eigenvalue weighted by atomic mass is 10.1. The van der Waals surface area contributed by atoms with Gasteiger partial charge in [0.1, 0.15) is 12.4 Å². The molecule has 0 radical (unpaired) electrons. The number of ether oxygens (including phenoxy) is 2. The molecule has 0 aromatic heterocycles. The summed E-state index contributed by atoms with van der Waals surface area (Å²) in [4.78, 5) is 13.1. The summed E-state index contributed by atoms with van der Waals surface area (Å²) < 4.78 is 24.8. The first-order valence-corrected chi connectivity index (χ1v) is 12.1. The summed E-state index contributed by atoms with van der Waals surface area (Å²) in [5, 5.41) is 6.29. The maximum atomic E-state index is 13.1. The number of rotatable bonds is 9. The Bertz CT molecular complexity index is 1160. The van der Waals surface area contributed by atoms with Crippen LogP contribution in [0.25, 0.3) is 6.08 Å². The highest BCUT2D eigenvalue weighted by molar-refractivity contribution is 8.05. The lowest BCUT2D eigenvalue weighted by Gasteiger charge is -2.13. The quantitative estimate of drug-likeness (QED) is 0.371. The summed E-state index contributed by atoms with van der Waals surface area (Å²) in [6.45, 7) is 4.79. The number of hydrogen-bond donors (Lipinski definition) is 2. The van der Waals surface area contributed by atoms with E-state index in [0.717, 1.165) is 23.2 Å². The van der Waals surface area contributed by atoms with Gasteiger partial charge in [0.15, 0.2) is 17.0 Å². The SMILES string of the molecule is CCOc1cc(/C=C2\S[C@H](Nc3ccc(CC)cc3)NC2=O)ccc1OCc1ccc(F)cc1. The zero-order chi connectivity index (χ0) is 23.9. The number of carbonyl (C=O) groups is 1. The van der Waals surface area contributed by atoms with Gasteiger partial charge < -0.3 is 20.1 Å². The maximum Gasteiger partial charge on any atom is 0.260 e. The van der Waals surface area contributed by atoms with Crippen LogP contribution in [-0.4, -0.2) is 18.0 Å². The van der Waals surface area contributed by atoms with Crippen molar-refractivity contribution in [3.05, 3.63) is 94.1 Å². The van der Waals surface area contributed by atoms with Gasteiger partial charge in [-0.3, -0.25) is 4.79 Å². The van der Waals surface area contributed by atoms with Crippen molar-refractivity contribution in [3.8, 4) is 11.5 Å². The Kier molecular flexibility index (Phi) is 7.75. The molecule has 1 saturated heterocycles. The Labute approximate surface area is 203 Å². The van der Waals surface area contributed by atoms with Crippen LogP contribution in [0.2, 0.25) is 0 Å². The molecule has 176 valence electrons. The molecule has 7 heteroatoms. The Balaban J connectivity index is 1.44. The summed E-state index contributed by atoms with van der Waals surface area (Å²) >= 11 is 1.44. The van der Waals surface area contributed by atoms with Gasteiger partial charge in [-0.2, -0.15) is 0 Å². The lowest BCUT2D eigenvalue weighted by molar-refractivity contribution is -0.116. The van der Waals surface area contributed by atoms with Crippen LogP contribution in [0.5, 0.6) is 11.5 Å². The number of anilines is 1. The predicted molar refractivity (Wildman–Crippen MR) is 135 cm³/mol. The molecule has 34 heavy (non-hydrogen) atoms. The van der Waals surface area contributed by atoms with E-state index < -0.39 is 0 Å². The van der Waals surface area contributed by atoms with E-state index in [4.69, 9.17) is 9.47 Å². The second kappa shape index (κ2) is 11.1. The van der Waals surface area contributed by atoms with Gasteiger partial charge in [0, 0.05) is 5.69 Å². The van der Waals surface area contributed by atoms with Crippen LogP contribution in [0.15, 0.2) is 71.6 Å². The number of hydrogen-bond acceptors (Lipinski definition) is 5.